The van der Waals surface area contributed by atoms with Gasteiger partial charge in [0, 0.05) is 38.0 Å². The van der Waals surface area contributed by atoms with Gasteiger partial charge in [0.1, 0.15) is 18.0 Å². The Bertz CT molecular complexity index is 844. The first kappa shape index (κ1) is 18.8. The van der Waals surface area contributed by atoms with Crippen LogP contribution in [0.15, 0.2) is 24.4 Å². The van der Waals surface area contributed by atoms with Crippen molar-refractivity contribution in [3.05, 3.63) is 41.7 Å². The quantitative estimate of drug-likeness (QED) is 0.865. The first-order valence-corrected chi connectivity index (χ1v) is 8.86. The number of hydrogen-bond donors (Lipinski definition) is 1. The van der Waals surface area contributed by atoms with Crippen LogP contribution in [0.25, 0.3) is 0 Å². The average molecular weight is 373 g/mol. The minimum absolute atomic E-state index is 0.0586. The second kappa shape index (κ2) is 8.16. The number of rotatable bonds is 5. The Hall–Kier alpha value is -2.95. The van der Waals surface area contributed by atoms with Gasteiger partial charge in [0.05, 0.1) is 6.20 Å². The minimum Gasteiger partial charge on any atom is -0.487 e. The Kier molecular flexibility index (Phi) is 5.69. The molecule has 2 aromatic rings. The zero-order valence-electron chi connectivity index (χ0n) is 15.2. The van der Waals surface area contributed by atoms with Crippen LogP contribution in [0.5, 0.6) is 5.75 Å². The highest BCUT2D eigenvalue weighted by molar-refractivity contribution is 5.62. The third-order valence-corrected chi connectivity index (χ3v) is 4.22. The average Bonchev–Trinajstić information content (AvgIpc) is 2.64. The Morgan fingerprint density at radius 1 is 1.30 bits per heavy atom. The highest BCUT2D eigenvalue weighted by Gasteiger charge is 2.25. The molecule has 3 rings (SSSR count). The van der Waals surface area contributed by atoms with Crippen molar-refractivity contribution in [1.82, 2.24) is 9.97 Å². The van der Waals surface area contributed by atoms with E-state index >= 15 is 0 Å². The number of anilines is 2. The molecule has 6 nitrogen and oxygen atoms in total. The lowest BCUT2D eigenvalue weighted by Crippen LogP contribution is -2.39. The summed E-state index contributed by atoms with van der Waals surface area (Å²) in [6, 6.07) is 5.50. The molecular weight excluding hydrogens is 352 g/mol. The molecule has 1 aromatic heterocycles. The van der Waals surface area contributed by atoms with E-state index < -0.39 is 11.6 Å². The summed E-state index contributed by atoms with van der Waals surface area (Å²) in [5.41, 5.74) is 0.256. The maximum Gasteiger partial charge on any atom is 0.173 e. The third-order valence-electron chi connectivity index (χ3n) is 4.22. The Morgan fingerprint density at radius 2 is 2.04 bits per heavy atom. The first-order valence-electron chi connectivity index (χ1n) is 8.86. The third kappa shape index (κ3) is 4.61. The summed E-state index contributed by atoms with van der Waals surface area (Å²) in [6.07, 6.45) is 2.57. The molecular formula is C19H21F2N5O. The number of benzene rings is 1. The predicted octanol–water partition coefficient (Wildman–Crippen LogP) is 3.49. The monoisotopic (exact) mass is 373 g/mol. The van der Waals surface area contributed by atoms with Crippen LogP contribution in [0.3, 0.4) is 0 Å². The summed E-state index contributed by atoms with van der Waals surface area (Å²) >= 11 is 0. The SMILES string of the molecule is CC(C)Nc1ncc(C#N)nc1N1CCC(Oc2ccc(F)cc2F)CC1. The van der Waals surface area contributed by atoms with Crippen molar-refractivity contribution in [3.8, 4) is 11.8 Å². The van der Waals surface area contributed by atoms with Crippen LogP contribution in [0.1, 0.15) is 32.4 Å². The fourth-order valence-electron chi connectivity index (χ4n) is 2.96. The van der Waals surface area contributed by atoms with Crippen LogP contribution >= 0.6 is 0 Å². The second-order valence-corrected chi connectivity index (χ2v) is 6.72. The molecule has 0 saturated carbocycles. The van der Waals surface area contributed by atoms with Gasteiger partial charge in [-0.05, 0) is 26.0 Å². The zero-order chi connectivity index (χ0) is 19.4. The second-order valence-electron chi connectivity index (χ2n) is 6.72. The molecule has 1 saturated heterocycles. The maximum atomic E-state index is 13.8. The van der Waals surface area contributed by atoms with Crippen molar-refractivity contribution >= 4 is 11.6 Å². The van der Waals surface area contributed by atoms with Crippen molar-refractivity contribution in [3.63, 3.8) is 0 Å². The molecule has 1 aromatic carbocycles. The number of nitriles is 1. The fraction of sp³-hybridized carbons (Fsp3) is 0.421. The van der Waals surface area contributed by atoms with Gasteiger partial charge in [-0.15, -0.1) is 0 Å². The molecule has 142 valence electrons. The molecule has 0 bridgehead atoms. The van der Waals surface area contributed by atoms with Crippen molar-refractivity contribution in [2.75, 3.05) is 23.3 Å². The van der Waals surface area contributed by atoms with E-state index in [1.807, 2.05) is 24.8 Å². The zero-order valence-corrected chi connectivity index (χ0v) is 15.2. The van der Waals surface area contributed by atoms with Crippen molar-refractivity contribution in [2.24, 2.45) is 0 Å². The highest BCUT2D eigenvalue weighted by atomic mass is 19.1. The van der Waals surface area contributed by atoms with Gasteiger partial charge in [0.15, 0.2) is 28.9 Å². The number of nitrogens with one attached hydrogen (secondary N) is 1. The minimum atomic E-state index is -0.701. The topological polar surface area (TPSA) is 74.1 Å². The van der Waals surface area contributed by atoms with E-state index in [4.69, 9.17) is 10.00 Å². The van der Waals surface area contributed by atoms with Crippen LogP contribution in [0, 0.1) is 23.0 Å². The van der Waals surface area contributed by atoms with Gasteiger partial charge < -0.3 is 15.0 Å². The van der Waals surface area contributed by atoms with E-state index in [1.165, 1.54) is 18.3 Å². The van der Waals surface area contributed by atoms with Crippen molar-refractivity contribution < 1.29 is 13.5 Å². The molecule has 1 fully saturated rings. The van der Waals surface area contributed by atoms with Crippen LogP contribution in [-0.2, 0) is 0 Å². The van der Waals surface area contributed by atoms with E-state index in [-0.39, 0.29) is 23.6 Å². The van der Waals surface area contributed by atoms with E-state index in [0.717, 1.165) is 6.07 Å². The molecule has 0 aliphatic carbocycles. The molecule has 2 heterocycles. The molecule has 0 radical (unpaired) electrons. The number of halogens is 2. The predicted molar refractivity (Wildman–Crippen MR) is 97.7 cm³/mol. The standard InChI is InChI=1S/C19H21F2N5O/c1-12(2)24-18-19(25-14(10-22)11-23-18)26-7-5-15(6-8-26)27-17-4-3-13(20)9-16(17)21/h3-4,9,11-12,15H,5-8H2,1-2H3,(H,23,24). The summed E-state index contributed by atoms with van der Waals surface area (Å²) in [5, 5.41) is 12.4. The van der Waals surface area contributed by atoms with E-state index in [2.05, 4.69) is 15.3 Å². The number of nitrogens with zero attached hydrogens (tertiary/aromatic N) is 4. The first-order chi connectivity index (χ1) is 13.0. The van der Waals surface area contributed by atoms with Crippen LogP contribution < -0.4 is 15.0 Å². The molecule has 0 spiro atoms. The number of ether oxygens (including phenoxy) is 1. The smallest absolute Gasteiger partial charge is 0.173 e. The van der Waals surface area contributed by atoms with Gasteiger partial charge in [-0.1, -0.05) is 0 Å². The molecule has 0 amide bonds. The Morgan fingerprint density at radius 3 is 2.67 bits per heavy atom. The van der Waals surface area contributed by atoms with Crippen LogP contribution in [0.2, 0.25) is 0 Å². The number of piperidine rings is 1. The summed E-state index contributed by atoms with van der Waals surface area (Å²) in [6.45, 7) is 5.26. The summed E-state index contributed by atoms with van der Waals surface area (Å²) < 4.78 is 32.5. The largest absolute Gasteiger partial charge is 0.487 e. The lowest BCUT2D eigenvalue weighted by atomic mass is 10.1. The van der Waals surface area contributed by atoms with Crippen LogP contribution in [-0.4, -0.2) is 35.2 Å². The number of hydrogen-bond acceptors (Lipinski definition) is 6. The van der Waals surface area contributed by atoms with Gasteiger partial charge in [0.25, 0.3) is 0 Å². The summed E-state index contributed by atoms with van der Waals surface area (Å²) in [4.78, 5) is 10.8. The molecule has 1 N–H and O–H groups in total. The molecule has 1 aliphatic heterocycles. The Balaban J connectivity index is 1.69. The van der Waals surface area contributed by atoms with Crippen molar-refractivity contribution in [1.29, 1.82) is 5.26 Å². The van der Waals surface area contributed by atoms with Gasteiger partial charge in [-0.3, -0.25) is 0 Å². The lowest BCUT2D eigenvalue weighted by Gasteiger charge is -2.33. The van der Waals surface area contributed by atoms with E-state index in [0.29, 0.717) is 37.6 Å². The van der Waals surface area contributed by atoms with E-state index in [9.17, 15) is 8.78 Å². The maximum absolute atomic E-state index is 13.8. The summed E-state index contributed by atoms with van der Waals surface area (Å²) in [5.74, 6) is -0.00497. The van der Waals surface area contributed by atoms with E-state index in [1.54, 1.807) is 0 Å². The molecule has 27 heavy (non-hydrogen) atoms. The van der Waals surface area contributed by atoms with Gasteiger partial charge in [0.2, 0.25) is 0 Å². The lowest BCUT2D eigenvalue weighted by molar-refractivity contribution is 0.163. The normalized spacial score (nSPS) is 14.9. The molecule has 0 unspecified atom stereocenters. The van der Waals surface area contributed by atoms with Gasteiger partial charge >= 0.3 is 0 Å². The number of aromatic nitrogens is 2. The van der Waals surface area contributed by atoms with Crippen LogP contribution in [0.4, 0.5) is 20.4 Å². The van der Waals surface area contributed by atoms with Gasteiger partial charge in [-0.25, -0.2) is 18.7 Å². The summed E-state index contributed by atoms with van der Waals surface area (Å²) in [7, 11) is 0. The molecule has 1 aliphatic rings. The molecule has 8 heteroatoms. The fourth-order valence-corrected chi connectivity index (χ4v) is 2.96. The van der Waals surface area contributed by atoms with Gasteiger partial charge in [-0.2, -0.15) is 5.26 Å². The van der Waals surface area contributed by atoms with Crippen molar-refractivity contribution in [2.45, 2.75) is 38.8 Å². The Labute approximate surface area is 156 Å². The molecule has 0 atom stereocenters. The highest BCUT2D eigenvalue weighted by Crippen LogP contribution is 2.28.